The van der Waals surface area contributed by atoms with Crippen LogP contribution in [0.1, 0.15) is 0 Å². The van der Waals surface area contributed by atoms with Gasteiger partial charge < -0.3 is 9.88 Å². The summed E-state index contributed by atoms with van der Waals surface area (Å²) in [5.74, 6) is 0.166. The second kappa shape index (κ2) is 4.86. The first kappa shape index (κ1) is 12.1. The Morgan fingerprint density at radius 2 is 2.11 bits per heavy atom. The largest absolute Gasteiger partial charge is 0.362 e. The lowest BCUT2D eigenvalue weighted by Gasteiger charge is -2.08. The summed E-state index contributed by atoms with van der Waals surface area (Å²) in [5, 5.41) is 6.79. The van der Waals surface area contributed by atoms with Crippen molar-refractivity contribution >= 4 is 5.82 Å². The number of hydrogen-bond acceptors (Lipinski definition) is 5. The Morgan fingerprint density at radius 1 is 1.33 bits per heavy atom. The molecule has 0 saturated heterocycles. The fourth-order valence-electron chi connectivity index (χ4n) is 1.53. The molecular weight excluding hydrogens is 236 g/mol. The van der Waals surface area contributed by atoms with Gasteiger partial charge >= 0.3 is 5.69 Å². The highest BCUT2D eigenvalue weighted by Gasteiger charge is 2.07. The van der Waals surface area contributed by atoms with Crippen molar-refractivity contribution in [2.24, 2.45) is 14.1 Å². The number of rotatable bonds is 4. The first-order valence-electron chi connectivity index (χ1n) is 5.43. The zero-order valence-electron chi connectivity index (χ0n) is 10.2. The van der Waals surface area contributed by atoms with E-state index in [0.717, 1.165) is 9.25 Å². The Bertz CT molecular complexity index is 639. The van der Waals surface area contributed by atoms with Crippen LogP contribution >= 0.6 is 0 Å². The van der Waals surface area contributed by atoms with Crippen LogP contribution in [-0.4, -0.2) is 30.4 Å². The Labute approximate surface area is 103 Å². The Balaban J connectivity index is 2.10. The Kier molecular flexibility index (Phi) is 3.26. The second-order valence-corrected chi connectivity index (χ2v) is 3.85. The number of imidazole rings is 1. The molecule has 18 heavy (non-hydrogen) atoms. The highest BCUT2D eigenvalue weighted by Crippen LogP contribution is 1.90. The van der Waals surface area contributed by atoms with Crippen LogP contribution in [0.3, 0.4) is 0 Å². The van der Waals surface area contributed by atoms with E-state index >= 15 is 0 Å². The van der Waals surface area contributed by atoms with Crippen LogP contribution in [0.4, 0.5) is 5.82 Å². The monoisotopic (exact) mass is 250 g/mol. The van der Waals surface area contributed by atoms with Crippen LogP contribution in [-0.2, 0) is 20.6 Å². The predicted molar refractivity (Wildman–Crippen MR) is 65.4 cm³/mol. The third-order valence-electron chi connectivity index (χ3n) is 2.54. The van der Waals surface area contributed by atoms with E-state index < -0.39 is 11.2 Å². The van der Waals surface area contributed by atoms with E-state index in [1.807, 2.05) is 10.8 Å². The minimum absolute atomic E-state index is 0.166. The van der Waals surface area contributed by atoms with Crippen LogP contribution in [0.2, 0.25) is 0 Å². The van der Waals surface area contributed by atoms with Gasteiger partial charge in [-0.05, 0) is 0 Å². The summed E-state index contributed by atoms with van der Waals surface area (Å²) < 4.78 is 4.02. The number of anilines is 1. The molecule has 0 bridgehead atoms. The molecule has 8 heteroatoms. The quantitative estimate of drug-likeness (QED) is 0.735. The molecule has 0 atom stereocenters. The molecule has 0 aliphatic rings. The van der Waals surface area contributed by atoms with Gasteiger partial charge in [0, 0.05) is 39.6 Å². The topological polar surface area (TPSA) is 86.7 Å². The predicted octanol–water partition coefficient (Wildman–Crippen LogP) is -1.21. The van der Waals surface area contributed by atoms with Gasteiger partial charge in [0.2, 0.25) is 5.82 Å². The summed E-state index contributed by atoms with van der Waals surface area (Å²) in [6.07, 6.45) is 5.20. The maximum atomic E-state index is 11.7. The molecule has 2 rings (SSSR count). The highest BCUT2D eigenvalue weighted by atomic mass is 16.2. The molecule has 0 fully saturated rings. The van der Waals surface area contributed by atoms with Crippen molar-refractivity contribution in [3.05, 3.63) is 39.6 Å². The standard InChI is InChI=1S/C10H14N6O2/c1-14-9(17)8(13-15(2)10(14)18)12-4-6-16-5-3-11-7-16/h3,5,7H,4,6H2,1-2H3,(H,12,13). The van der Waals surface area contributed by atoms with Crippen molar-refractivity contribution in [2.45, 2.75) is 6.54 Å². The molecule has 0 spiro atoms. The van der Waals surface area contributed by atoms with Crippen LogP contribution in [0, 0.1) is 0 Å². The molecule has 2 aromatic heterocycles. The molecular formula is C10H14N6O2. The number of aromatic nitrogens is 5. The average Bonchev–Trinajstić information content (AvgIpc) is 2.86. The molecule has 96 valence electrons. The minimum atomic E-state index is -0.444. The third-order valence-corrected chi connectivity index (χ3v) is 2.54. The van der Waals surface area contributed by atoms with Crippen LogP contribution in [0.15, 0.2) is 28.3 Å². The van der Waals surface area contributed by atoms with Crippen LogP contribution in [0.5, 0.6) is 0 Å². The van der Waals surface area contributed by atoms with Gasteiger partial charge in [-0.3, -0.25) is 9.36 Å². The zero-order chi connectivity index (χ0) is 13.1. The summed E-state index contributed by atoms with van der Waals surface area (Å²) >= 11 is 0. The number of aryl methyl sites for hydroxylation is 1. The first-order valence-corrected chi connectivity index (χ1v) is 5.43. The lowest BCUT2D eigenvalue weighted by atomic mass is 10.5. The zero-order valence-corrected chi connectivity index (χ0v) is 10.2. The Hall–Kier alpha value is -2.38. The van der Waals surface area contributed by atoms with Gasteiger partial charge in [-0.25, -0.2) is 14.5 Å². The van der Waals surface area contributed by atoms with Crippen molar-refractivity contribution in [3.8, 4) is 0 Å². The average molecular weight is 250 g/mol. The van der Waals surface area contributed by atoms with Gasteiger partial charge in [0.05, 0.1) is 6.33 Å². The SMILES string of the molecule is Cn1nc(NCCn2ccnc2)c(=O)n(C)c1=O. The first-order chi connectivity index (χ1) is 8.59. The lowest BCUT2D eigenvalue weighted by Crippen LogP contribution is -2.40. The van der Waals surface area contributed by atoms with Gasteiger partial charge in [-0.1, -0.05) is 0 Å². The van der Waals surface area contributed by atoms with Gasteiger partial charge in [0.1, 0.15) is 0 Å². The lowest BCUT2D eigenvalue weighted by molar-refractivity contribution is 0.602. The van der Waals surface area contributed by atoms with E-state index in [0.29, 0.717) is 13.1 Å². The van der Waals surface area contributed by atoms with Gasteiger partial charge in [0.25, 0.3) is 5.56 Å². The number of hydrogen-bond donors (Lipinski definition) is 1. The van der Waals surface area contributed by atoms with Crippen molar-refractivity contribution in [1.82, 2.24) is 23.9 Å². The van der Waals surface area contributed by atoms with E-state index in [1.165, 1.54) is 14.1 Å². The van der Waals surface area contributed by atoms with Crippen LogP contribution < -0.4 is 16.6 Å². The van der Waals surface area contributed by atoms with Crippen LogP contribution in [0.25, 0.3) is 0 Å². The fraction of sp³-hybridized carbons (Fsp3) is 0.400. The number of nitrogens with one attached hydrogen (secondary N) is 1. The summed E-state index contributed by atoms with van der Waals surface area (Å²) in [4.78, 5) is 27.1. The Morgan fingerprint density at radius 3 is 2.78 bits per heavy atom. The molecule has 0 radical (unpaired) electrons. The maximum absolute atomic E-state index is 11.7. The minimum Gasteiger partial charge on any atom is -0.362 e. The van der Waals surface area contributed by atoms with Crippen molar-refractivity contribution in [1.29, 1.82) is 0 Å². The van der Waals surface area contributed by atoms with E-state index in [9.17, 15) is 9.59 Å². The molecule has 0 aromatic carbocycles. The molecule has 2 heterocycles. The molecule has 8 nitrogen and oxygen atoms in total. The maximum Gasteiger partial charge on any atom is 0.346 e. The highest BCUT2D eigenvalue weighted by molar-refractivity contribution is 5.29. The molecule has 2 aromatic rings. The van der Waals surface area contributed by atoms with Gasteiger partial charge in [-0.15, -0.1) is 5.10 Å². The molecule has 0 aliphatic heterocycles. The fourth-order valence-corrected chi connectivity index (χ4v) is 1.53. The van der Waals surface area contributed by atoms with E-state index in [4.69, 9.17) is 0 Å². The summed E-state index contributed by atoms with van der Waals surface area (Å²) in [6, 6.07) is 0. The molecule has 0 amide bonds. The second-order valence-electron chi connectivity index (χ2n) is 3.85. The number of nitrogens with zero attached hydrogens (tertiary/aromatic N) is 5. The normalized spacial score (nSPS) is 10.6. The van der Waals surface area contributed by atoms with E-state index in [-0.39, 0.29) is 5.82 Å². The summed E-state index contributed by atoms with van der Waals surface area (Å²) in [7, 11) is 2.93. The molecule has 0 unspecified atom stereocenters. The van der Waals surface area contributed by atoms with E-state index in [1.54, 1.807) is 12.5 Å². The molecule has 0 aliphatic carbocycles. The summed E-state index contributed by atoms with van der Waals surface area (Å²) in [6.45, 7) is 1.18. The van der Waals surface area contributed by atoms with Crippen molar-refractivity contribution in [2.75, 3.05) is 11.9 Å². The van der Waals surface area contributed by atoms with Crippen molar-refractivity contribution in [3.63, 3.8) is 0 Å². The van der Waals surface area contributed by atoms with Gasteiger partial charge in [-0.2, -0.15) is 0 Å². The smallest absolute Gasteiger partial charge is 0.346 e. The van der Waals surface area contributed by atoms with Gasteiger partial charge in [0.15, 0.2) is 0 Å². The molecule has 0 saturated carbocycles. The van der Waals surface area contributed by atoms with Crippen molar-refractivity contribution < 1.29 is 0 Å². The van der Waals surface area contributed by atoms with E-state index in [2.05, 4.69) is 15.4 Å². The third kappa shape index (κ3) is 2.31. The summed E-state index contributed by atoms with van der Waals surface area (Å²) in [5.41, 5.74) is -0.871. The molecule has 1 N–H and O–H groups in total.